The molecule has 0 radical (unpaired) electrons. The lowest BCUT2D eigenvalue weighted by Gasteiger charge is -2.28. The van der Waals surface area contributed by atoms with Crippen molar-refractivity contribution in [2.75, 3.05) is 7.11 Å². The van der Waals surface area contributed by atoms with Gasteiger partial charge in [0.25, 0.3) is 0 Å². The number of carbonyl (C=O) groups excluding carboxylic acids is 2. The molecule has 0 aliphatic rings. The summed E-state index contributed by atoms with van der Waals surface area (Å²) in [5, 5.41) is 3.04. The van der Waals surface area contributed by atoms with E-state index >= 15 is 0 Å². The van der Waals surface area contributed by atoms with E-state index in [1.165, 1.54) is 18.9 Å². The molecule has 0 saturated carbocycles. The lowest BCUT2D eigenvalue weighted by Crippen LogP contribution is -2.54. The zero-order chi connectivity index (χ0) is 16.8. The molecule has 2 atom stereocenters. The van der Waals surface area contributed by atoms with Crippen LogP contribution in [0.2, 0.25) is 5.02 Å². The van der Waals surface area contributed by atoms with E-state index in [0.717, 1.165) is 11.3 Å². The molecule has 1 aromatic carbocycles. The minimum atomic E-state index is -1.00. The molecule has 4 nitrogen and oxygen atoms in total. The Kier molecular flexibility index (Phi) is 7.23. The maximum absolute atomic E-state index is 12.4. The highest BCUT2D eigenvalue weighted by atomic mass is 35.5. The Hall–Kier alpha value is -1.20. The fraction of sp³-hybridized carbons (Fsp3) is 0.500. The molecule has 0 saturated heterocycles. The number of ether oxygens (including phenoxy) is 1. The smallest absolute Gasteiger partial charge is 0.331 e. The number of halogens is 1. The van der Waals surface area contributed by atoms with E-state index in [4.69, 9.17) is 16.3 Å². The lowest BCUT2D eigenvalue weighted by atomic mass is 9.96. The molecule has 0 fully saturated rings. The molecule has 0 bridgehead atoms. The first kappa shape index (κ1) is 18.8. The second kappa shape index (κ2) is 8.44. The molecule has 0 aliphatic carbocycles. The van der Waals surface area contributed by atoms with Crippen LogP contribution in [-0.4, -0.2) is 29.8 Å². The van der Waals surface area contributed by atoms with Gasteiger partial charge in [-0.1, -0.05) is 37.1 Å². The van der Waals surface area contributed by atoms with Gasteiger partial charge in [-0.3, -0.25) is 4.79 Å². The predicted molar refractivity (Wildman–Crippen MR) is 90.2 cm³/mol. The Morgan fingerprint density at radius 1 is 1.41 bits per heavy atom. The Bertz CT molecular complexity index is 538. The molecule has 22 heavy (non-hydrogen) atoms. The van der Waals surface area contributed by atoms with Crippen LogP contribution in [-0.2, 0) is 14.3 Å². The van der Waals surface area contributed by atoms with Gasteiger partial charge >= 0.3 is 5.97 Å². The van der Waals surface area contributed by atoms with Crippen molar-refractivity contribution in [2.24, 2.45) is 0 Å². The Morgan fingerprint density at radius 2 is 2.05 bits per heavy atom. The highest BCUT2D eigenvalue weighted by Gasteiger charge is 2.36. The van der Waals surface area contributed by atoms with Crippen molar-refractivity contribution in [1.29, 1.82) is 0 Å². The van der Waals surface area contributed by atoms with Crippen LogP contribution < -0.4 is 5.32 Å². The third kappa shape index (κ3) is 4.92. The molecule has 6 heteroatoms. The van der Waals surface area contributed by atoms with E-state index in [1.807, 2.05) is 25.1 Å². The standard InChI is InChI=1S/C16H22ClNO3S/c1-5-10-16(3,15(20)21-4)18-14(19)11(2)22-13-9-7-6-8-12(13)17/h6-9,11H,5,10H2,1-4H3,(H,18,19). The van der Waals surface area contributed by atoms with Crippen LogP contribution in [0.4, 0.5) is 0 Å². The Labute approximate surface area is 140 Å². The molecule has 2 unspecified atom stereocenters. The van der Waals surface area contributed by atoms with Crippen LogP contribution in [0.3, 0.4) is 0 Å². The summed E-state index contributed by atoms with van der Waals surface area (Å²) in [4.78, 5) is 25.2. The number of methoxy groups -OCH3 is 1. The largest absolute Gasteiger partial charge is 0.467 e. The van der Waals surface area contributed by atoms with E-state index in [9.17, 15) is 9.59 Å². The normalized spacial score (nSPS) is 14.8. The van der Waals surface area contributed by atoms with E-state index in [2.05, 4.69) is 5.32 Å². The SMILES string of the molecule is CCCC(C)(NC(=O)C(C)Sc1ccccc1Cl)C(=O)OC. The molecular formula is C16H22ClNO3S. The lowest BCUT2D eigenvalue weighted by molar-refractivity contribution is -0.150. The summed E-state index contributed by atoms with van der Waals surface area (Å²) in [5.74, 6) is -0.649. The van der Waals surface area contributed by atoms with Crippen LogP contribution in [0.5, 0.6) is 0 Å². The average molecular weight is 344 g/mol. The third-order valence-corrected chi connectivity index (χ3v) is 4.91. The number of rotatable bonds is 7. The van der Waals surface area contributed by atoms with Gasteiger partial charge in [-0.2, -0.15) is 0 Å². The minimum absolute atomic E-state index is 0.216. The molecule has 1 amide bonds. The van der Waals surface area contributed by atoms with Crippen molar-refractivity contribution in [1.82, 2.24) is 5.32 Å². The van der Waals surface area contributed by atoms with Crippen molar-refractivity contribution in [3.05, 3.63) is 29.3 Å². The fourth-order valence-electron chi connectivity index (χ4n) is 2.10. The van der Waals surface area contributed by atoms with Crippen LogP contribution in [0.25, 0.3) is 0 Å². The minimum Gasteiger partial charge on any atom is -0.467 e. The van der Waals surface area contributed by atoms with E-state index in [-0.39, 0.29) is 11.2 Å². The van der Waals surface area contributed by atoms with Crippen LogP contribution in [0.1, 0.15) is 33.6 Å². The molecule has 1 N–H and O–H groups in total. The van der Waals surface area contributed by atoms with Gasteiger partial charge in [0.05, 0.1) is 17.4 Å². The molecule has 1 rings (SSSR count). The molecule has 122 valence electrons. The maximum Gasteiger partial charge on any atom is 0.331 e. The summed E-state index contributed by atoms with van der Waals surface area (Å²) in [7, 11) is 1.32. The number of nitrogens with one attached hydrogen (secondary N) is 1. The van der Waals surface area contributed by atoms with Crippen molar-refractivity contribution in [3.8, 4) is 0 Å². The summed E-state index contributed by atoms with van der Waals surface area (Å²) >= 11 is 7.46. The van der Waals surface area contributed by atoms with Gasteiger partial charge in [-0.15, -0.1) is 11.8 Å². The first-order valence-electron chi connectivity index (χ1n) is 7.15. The van der Waals surface area contributed by atoms with Gasteiger partial charge in [0, 0.05) is 4.90 Å². The third-order valence-electron chi connectivity index (χ3n) is 3.29. The van der Waals surface area contributed by atoms with Gasteiger partial charge in [0.15, 0.2) is 0 Å². The number of carbonyl (C=O) groups is 2. The second-order valence-electron chi connectivity index (χ2n) is 5.25. The van der Waals surface area contributed by atoms with Crippen LogP contribution in [0.15, 0.2) is 29.2 Å². The van der Waals surface area contributed by atoms with Crippen molar-refractivity contribution in [3.63, 3.8) is 0 Å². The van der Waals surface area contributed by atoms with Gasteiger partial charge in [0.1, 0.15) is 5.54 Å². The van der Waals surface area contributed by atoms with Crippen molar-refractivity contribution in [2.45, 2.75) is 49.3 Å². The van der Waals surface area contributed by atoms with Crippen molar-refractivity contribution >= 4 is 35.2 Å². The summed E-state index contributed by atoms with van der Waals surface area (Å²) in [6.07, 6.45) is 1.28. The maximum atomic E-state index is 12.4. The highest BCUT2D eigenvalue weighted by molar-refractivity contribution is 8.00. The Balaban J connectivity index is 2.77. The first-order chi connectivity index (χ1) is 10.3. The fourth-order valence-corrected chi connectivity index (χ4v) is 3.25. The van der Waals surface area contributed by atoms with Gasteiger partial charge in [0.2, 0.25) is 5.91 Å². The highest BCUT2D eigenvalue weighted by Crippen LogP contribution is 2.30. The number of amides is 1. The van der Waals surface area contributed by atoms with E-state index in [0.29, 0.717) is 11.4 Å². The van der Waals surface area contributed by atoms with E-state index < -0.39 is 11.5 Å². The zero-order valence-electron chi connectivity index (χ0n) is 13.3. The summed E-state index contributed by atoms with van der Waals surface area (Å²) in [6.45, 7) is 5.43. The number of esters is 1. The van der Waals surface area contributed by atoms with Gasteiger partial charge < -0.3 is 10.1 Å². The quantitative estimate of drug-likeness (QED) is 0.606. The van der Waals surface area contributed by atoms with Gasteiger partial charge in [-0.05, 0) is 32.4 Å². The predicted octanol–water partition coefficient (Wildman–Crippen LogP) is 3.67. The summed E-state index contributed by atoms with van der Waals surface area (Å²) in [5.41, 5.74) is -1.00. The Morgan fingerprint density at radius 3 is 2.59 bits per heavy atom. The average Bonchev–Trinajstić information content (AvgIpc) is 2.48. The van der Waals surface area contributed by atoms with Crippen LogP contribution >= 0.6 is 23.4 Å². The first-order valence-corrected chi connectivity index (χ1v) is 8.41. The second-order valence-corrected chi connectivity index (χ2v) is 7.04. The van der Waals surface area contributed by atoms with Gasteiger partial charge in [-0.25, -0.2) is 4.79 Å². The molecule has 0 heterocycles. The zero-order valence-corrected chi connectivity index (χ0v) is 14.9. The molecule has 0 aliphatic heterocycles. The van der Waals surface area contributed by atoms with Crippen molar-refractivity contribution < 1.29 is 14.3 Å². The topological polar surface area (TPSA) is 55.4 Å². The van der Waals surface area contributed by atoms with E-state index in [1.54, 1.807) is 19.9 Å². The molecule has 0 aromatic heterocycles. The molecular weight excluding hydrogens is 322 g/mol. The summed E-state index contributed by atoms with van der Waals surface area (Å²) < 4.78 is 4.80. The number of hydrogen-bond donors (Lipinski definition) is 1. The number of thioether (sulfide) groups is 1. The number of benzene rings is 1. The monoisotopic (exact) mass is 343 g/mol. The summed E-state index contributed by atoms with van der Waals surface area (Å²) in [6, 6.07) is 7.35. The molecule has 0 spiro atoms. The van der Waals surface area contributed by atoms with Crippen LogP contribution in [0, 0.1) is 0 Å². The number of hydrogen-bond acceptors (Lipinski definition) is 4. The molecule has 1 aromatic rings.